The Balaban J connectivity index is 2.21. The molecule has 0 aliphatic rings. The van der Waals surface area contributed by atoms with Crippen molar-refractivity contribution < 1.29 is 9.13 Å². The zero-order valence-corrected chi connectivity index (χ0v) is 15.1. The van der Waals surface area contributed by atoms with Gasteiger partial charge < -0.3 is 10.1 Å². The van der Waals surface area contributed by atoms with E-state index in [4.69, 9.17) is 4.74 Å². The standard InChI is InChI=1S/C20H27FN2O/c1-13(2)15(5)22-12-20-18(21)9-10-19(23-20)16-7-6-8-17(11-16)24-14(3)4/h6-11,13-15,22H,12H2,1-5H3/t15-/m1/s1. The van der Waals surface area contributed by atoms with Crippen molar-refractivity contribution in [3.63, 3.8) is 0 Å². The molecule has 0 aliphatic carbocycles. The summed E-state index contributed by atoms with van der Waals surface area (Å²) < 4.78 is 19.8. The Labute approximate surface area is 144 Å². The topological polar surface area (TPSA) is 34.1 Å². The Morgan fingerprint density at radius 1 is 1.08 bits per heavy atom. The third-order valence-corrected chi connectivity index (χ3v) is 4.01. The molecule has 0 bridgehead atoms. The SMILES string of the molecule is CC(C)Oc1cccc(-c2ccc(F)c(CN[C@H](C)C(C)C)n2)c1. The van der Waals surface area contributed by atoms with Gasteiger partial charge in [-0.15, -0.1) is 0 Å². The highest BCUT2D eigenvalue weighted by Crippen LogP contribution is 2.24. The second kappa shape index (κ2) is 8.25. The Hall–Kier alpha value is -1.94. The molecular formula is C20H27FN2O. The number of pyridine rings is 1. The van der Waals surface area contributed by atoms with Crippen molar-refractivity contribution in [3.05, 3.63) is 47.9 Å². The summed E-state index contributed by atoms with van der Waals surface area (Å²) in [6.45, 7) is 10.8. The predicted molar refractivity (Wildman–Crippen MR) is 96.5 cm³/mol. The molecule has 1 aromatic carbocycles. The minimum absolute atomic E-state index is 0.110. The van der Waals surface area contributed by atoms with Gasteiger partial charge in [0, 0.05) is 18.2 Å². The summed E-state index contributed by atoms with van der Waals surface area (Å²) in [5, 5.41) is 3.33. The molecule has 2 aromatic rings. The van der Waals surface area contributed by atoms with E-state index in [1.165, 1.54) is 6.07 Å². The number of nitrogens with zero attached hydrogens (tertiary/aromatic N) is 1. The van der Waals surface area contributed by atoms with Gasteiger partial charge in [0.2, 0.25) is 0 Å². The molecule has 1 aromatic heterocycles. The fraction of sp³-hybridized carbons (Fsp3) is 0.450. The van der Waals surface area contributed by atoms with Gasteiger partial charge in [0.05, 0.1) is 17.5 Å². The summed E-state index contributed by atoms with van der Waals surface area (Å²) in [5.41, 5.74) is 2.11. The molecule has 1 atom stereocenters. The van der Waals surface area contributed by atoms with Crippen LogP contribution < -0.4 is 10.1 Å². The van der Waals surface area contributed by atoms with Crippen molar-refractivity contribution in [2.24, 2.45) is 5.92 Å². The second-order valence-corrected chi connectivity index (χ2v) is 6.73. The van der Waals surface area contributed by atoms with Crippen LogP contribution in [0, 0.1) is 11.7 Å². The fourth-order valence-electron chi connectivity index (χ4n) is 2.26. The van der Waals surface area contributed by atoms with E-state index < -0.39 is 0 Å². The molecule has 0 saturated carbocycles. The zero-order valence-electron chi connectivity index (χ0n) is 15.1. The van der Waals surface area contributed by atoms with E-state index in [-0.39, 0.29) is 11.9 Å². The third-order valence-electron chi connectivity index (χ3n) is 4.01. The van der Waals surface area contributed by atoms with Crippen molar-refractivity contribution in [3.8, 4) is 17.0 Å². The second-order valence-electron chi connectivity index (χ2n) is 6.73. The Morgan fingerprint density at radius 3 is 2.50 bits per heavy atom. The molecule has 3 nitrogen and oxygen atoms in total. The summed E-state index contributed by atoms with van der Waals surface area (Å²) in [4.78, 5) is 4.50. The van der Waals surface area contributed by atoms with Gasteiger partial charge in [-0.3, -0.25) is 0 Å². The summed E-state index contributed by atoms with van der Waals surface area (Å²) in [6.07, 6.45) is 0.110. The number of nitrogens with one attached hydrogen (secondary N) is 1. The Morgan fingerprint density at radius 2 is 1.83 bits per heavy atom. The molecule has 0 saturated heterocycles. The average molecular weight is 330 g/mol. The number of halogens is 1. The maximum Gasteiger partial charge on any atom is 0.146 e. The molecule has 0 amide bonds. The maximum absolute atomic E-state index is 14.1. The van der Waals surface area contributed by atoms with Crippen LogP contribution in [0.4, 0.5) is 4.39 Å². The number of ether oxygens (including phenoxy) is 1. The quantitative estimate of drug-likeness (QED) is 0.791. The van der Waals surface area contributed by atoms with Crippen LogP contribution in [-0.2, 0) is 6.54 Å². The van der Waals surface area contributed by atoms with E-state index in [1.54, 1.807) is 6.07 Å². The molecule has 130 valence electrons. The highest BCUT2D eigenvalue weighted by molar-refractivity contribution is 5.61. The number of hydrogen-bond acceptors (Lipinski definition) is 3. The predicted octanol–water partition coefficient (Wildman–Crippen LogP) is 4.81. The highest BCUT2D eigenvalue weighted by atomic mass is 19.1. The first-order valence-corrected chi connectivity index (χ1v) is 8.52. The van der Waals surface area contributed by atoms with Crippen LogP contribution in [0.25, 0.3) is 11.3 Å². The minimum Gasteiger partial charge on any atom is -0.491 e. The lowest BCUT2D eigenvalue weighted by molar-refractivity contribution is 0.242. The first kappa shape index (κ1) is 18.4. The van der Waals surface area contributed by atoms with Crippen LogP contribution >= 0.6 is 0 Å². The molecule has 1 heterocycles. The Kier molecular flexibility index (Phi) is 6.32. The van der Waals surface area contributed by atoms with Crippen LogP contribution in [0.5, 0.6) is 5.75 Å². The fourth-order valence-corrected chi connectivity index (χ4v) is 2.26. The normalized spacial score (nSPS) is 12.7. The summed E-state index contributed by atoms with van der Waals surface area (Å²) in [7, 11) is 0. The highest BCUT2D eigenvalue weighted by Gasteiger charge is 2.11. The minimum atomic E-state index is -0.281. The van der Waals surface area contributed by atoms with Gasteiger partial charge >= 0.3 is 0 Å². The van der Waals surface area contributed by atoms with E-state index >= 15 is 0 Å². The Bertz CT molecular complexity index is 670. The van der Waals surface area contributed by atoms with Crippen molar-refractivity contribution in [2.75, 3.05) is 0 Å². The van der Waals surface area contributed by atoms with Gasteiger partial charge in [0.1, 0.15) is 11.6 Å². The molecule has 0 aliphatic heterocycles. The number of benzene rings is 1. The maximum atomic E-state index is 14.1. The van der Waals surface area contributed by atoms with Gasteiger partial charge in [0.25, 0.3) is 0 Å². The van der Waals surface area contributed by atoms with E-state index in [1.807, 2.05) is 38.1 Å². The van der Waals surface area contributed by atoms with E-state index in [2.05, 4.69) is 31.1 Å². The summed E-state index contributed by atoms with van der Waals surface area (Å²) in [6, 6.07) is 11.2. The summed E-state index contributed by atoms with van der Waals surface area (Å²) >= 11 is 0. The van der Waals surface area contributed by atoms with Crippen molar-refractivity contribution >= 4 is 0 Å². The summed E-state index contributed by atoms with van der Waals surface area (Å²) in [5.74, 6) is 1.000. The number of rotatable bonds is 7. The smallest absolute Gasteiger partial charge is 0.146 e. The first-order valence-electron chi connectivity index (χ1n) is 8.52. The first-order chi connectivity index (χ1) is 11.4. The van der Waals surface area contributed by atoms with E-state index in [0.717, 1.165) is 17.0 Å². The van der Waals surface area contributed by atoms with Gasteiger partial charge in [0.15, 0.2) is 0 Å². The monoisotopic (exact) mass is 330 g/mol. The van der Waals surface area contributed by atoms with Crippen molar-refractivity contribution in [1.82, 2.24) is 10.3 Å². The molecule has 0 fully saturated rings. The van der Waals surface area contributed by atoms with Crippen LogP contribution in [0.1, 0.15) is 40.3 Å². The van der Waals surface area contributed by atoms with Crippen LogP contribution in [0.2, 0.25) is 0 Å². The van der Waals surface area contributed by atoms with Gasteiger partial charge in [-0.2, -0.15) is 0 Å². The zero-order chi connectivity index (χ0) is 17.7. The third kappa shape index (κ3) is 5.03. The molecule has 0 unspecified atom stereocenters. The largest absolute Gasteiger partial charge is 0.491 e. The van der Waals surface area contributed by atoms with E-state index in [9.17, 15) is 4.39 Å². The van der Waals surface area contributed by atoms with Gasteiger partial charge in [-0.05, 0) is 51.0 Å². The lowest BCUT2D eigenvalue weighted by atomic mass is 10.1. The molecule has 24 heavy (non-hydrogen) atoms. The van der Waals surface area contributed by atoms with Crippen LogP contribution in [0.3, 0.4) is 0 Å². The lowest BCUT2D eigenvalue weighted by Gasteiger charge is -2.17. The molecule has 1 N–H and O–H groups in total. The van der Waals surface area contributed by atoms with Crippen molar-refractivity contribution in [2.45, 2.75) is 53.3 Å². The van der Waals surface area contributed by atoms with Gasteiger partial charge in [-0.1, -0.05) is 26.0 Å². The molecule has 0 radical (unpaired) electrons. The molecular weight excluding hydrogens is 303 g/mol. The van der Waals surface area contributed by atoms with Crippen LogP contribution in [-0.4, -0.2) is 17.1 Å². The van der Waals surface area contributed by atoms with Crippen LogP contribution in [0.15, 0.2) is 36.4 Å². The van der Waals surface area contributed by atoms with Crippen molar-refractivity contribution in [1.29, 1.82) is 0 Å². The molecule has 0 spiro atoms. The number of hydrogen-bond donors (Lipinski definition) is 1. The molecule has 2 rings (SSSR count). The van der Waals surface area contributed by atoms with Gasteiger partial charge in [-0.25, -0.2) is 9.37 Å². The molecule has 4 heteroatoms. The lowest BCUT2D eigenvalue weighted by Crippen LogP contribution is -2.30. The van der Waals surface area contributed by atoms with E-state index in [0.29, 0.717) is 24.2 Å². The number of aromatic nitrogens is 1. The average Bonchev–Trinajstić information content (AvgIpc) is 2.53.